The molecule has 0 bridgehead atoms. The number of halogens is 1. The number of benzene rings is 2. The molecule has 0 heterocycles. The van der Waals surface area contributed by atoms with Crippen LogP contribution in [0.2, 0.25) is 5.02 Å². The minimum Gasteiger partial charge on any atom is -0.364 e. The smallest absolute Gasteiger partial charge is 0.271 e. The minimum atomic E-state index is -0.510. The molecule has 24 heavy (non-hydrogen) atoms. The third-order valence-corrected chi connectivity index (χ3v) is 3.91. The second-order valence-corrected chi connectivity index (χ2v) is 5.71. The van der Waals surface area contributed by atoms with E-state index in [9.17, 15) is 14.9 Å². The van der Waals surface area contributed by atoms with E-state index in [1.807, 2.05) is 31.2 Å². The van der Waals surface area contributed by atoms with Gasteiger partial charge in [0.05, 0.1) is 22.2 Å². The highest BCUT2D eigenvalue weighted by Crippen LogP contribution is 2.29. The van der Waals surface area contributed by atoms with Crippen molar-refractivity contribution in [1.82, 2.24) is 0 Å². The lowest BCUT2D eigenvalue weighted by molar-refractivity contribution is -0.384. The molecule has 2 aromatic rings. The molecule has 0 fully saturated rings. The number of carbonyl (C=O) groups is 1. The van der Waals surface area contributed by atoms with E-state index in [-0.39, 0.29) is 23.2 Å². The highest BCUT2D eigenvalue weighted by molar-refractivity contribution is 6.33. The Labute approximate surface area is 145 Å². The van der Waals surface area contributed by atoms with Crippen molar-refractivity contribution in [2.75, 3.05) is 23.8 Å². The monoisotopic (exact) mass is 347 g/mol. The normalized spacial score (nSPS) is 10.3. The number of aryl methyl sites for hydroxylation is 1. The number of anilines is 2. The van der Waals surface area contributed by atoms with Crippen LogP contribution in [0.25, 0.3) is 0 Å². The summed E-state index contributed by atoms with van der Waals surface area (Å²) < 4.78 is 0. The van der Waals surface area contributed by atoms with Crippen molar-refractivity contribution in [3.63, 3.8) is 0 Å². The lowest BCUT2D eigenvalue weighted by Gasteiger charge is -2.20. The van der Waals surface area contributed by atoms with Crippen molar-refractivity contribution in [2.24, 2.45) is 0 Å². The number of rotatable bonds is 6. The number of nitrogens with one attached hydrogen (secondary N) is 1. The van der Waals surface area contributed by atoms with Crippen molar-refractivity contribution in [1.29, 1.82) is 0 Å². The summed E-state index contributed by atoms with van der Waals surface area (Å²) in [4.78, 5) is 24.1. The number of nitro benzene ring substituents is 1. The van der Waals surface area contributed by atoms with Gasteiger partial charge < -0.3 is 10.2 Å². The molecule has 0 saturated heterocycles. The van der Waals surface area contributed by atoms with Gasteiger partial charge >= 0.3 is 0 Å². The molecule has 126 valence electrons. The summed E-state index contributed by atoms with van der Waals surface area (Å²) in [6, 6.07) is 11.8. The van der Waals surface area contributed by atoms with E-state index in [0.29, 0.717) is 5.69 Å². The largest absolute Gasteiger partial charge is 0.364 e. The van der Waals surface area contributed by atoms with Crippen LogP contribution in [0.15, 0.2) is 42.5 Å². The lowest BCUT2D eigenvalue weighted by Crippen LogP contribution is -2.30. The van der Waals surface area contributed by atoms with Gasteiger partial charge in [0.25, 0.3) is 5.69 Å². The molecule has 0 aromatic heterocycles. The Kier molecular flexibility index (Phi) is 5.76. The highest BCUT2D eigenvalue weighted by Gasteiger charge is 2.15. The molecule has 0 aliphatic carbocycles. The third-order valence-electron chi connectivity index (χ3n) is 3.61. The molecule has 0 saturated carbocycles. The molecular formula is C17H18ClN3O3. The number of carbonyl (C=O) groups excluding carboxylic acids is 1. The predicted octanol–water partition coefficient (Wildman–Crippen LogP) is 3.89. The average Bonchev–Trinajstić information content (AvgIpc) is 2.54. The fourth-order valence-corrected chi connectivity index (χ4v) is 2.68. The van der Waals surface area contributed by atoms with Gasteiger partial charge in [-0.3, -0.25) is 14.9 Å². The van der Waals surface area contributed by atoms with Crippen LogP contribution in [0.5, 0.6) is 0 Å². The maximum absolute atomic E-state index is 12.2. The first kappa shape index (κ1) is 17.7. The fourth-order valence-electron chi connectivity index (χ4n) is 2.36. The van der Waals surface area contributed by atoms with Gasteiger partial charge in [0, 0.05) is 24.9 Å². The number of hydrogen-bond donors (Lipinski definition) is 1. The lowest BCUT2D eigenvalue weighted by atomic mass is 10.1. The molecule has 0 unspecified atom stereocenters. The van der Waals surface area contributed by atoms with Crippen LogP contribution in [0, 0.1) is 10.1 Å². The van der Waals surface area contributed by atoms with Gasteiger partial charge in [-0.15, -0.1) is 0 Å². The number of likely N-dealkylation sites (N-methyl/N-ethyl adjacent to an activating group) is 1. The quantitative estimate of drug-likeness (QED) is 0.635. The second-order valence-electron chi connectivity index (χ2n) is 5.31. The zero-order valence-corrected chi connectivity index (χ0v) is 14.2. The Morgan fingerprint density at radius 2 is 2.00 bits per heavy atom. The van der Waals surface area contributed by atoms with E-state index < -0.39 is 4.92 Å². The Morgan fingerprint density at radius 1 is 1.29 bits per heavy atom. The SMILES string of the molecule is CCc1ccccc1NC(=O)CN(C)c1ccc([N+](=O)[O-])cc1Cl. The van der Waals surface area contributed by atoms with Crippen LogP contribution < -0.4 is 10.2 Å². The standard InChI is InChI=1S/C17H18ClN3O3/c1-3-12-6-4-5-7-15(12)19-17(22)11-20(2)16-9-8-13(21(23)24)10-14(16)18/h4-10H,3,11H2,1-2H3,(H,19,22). The molecule has 0 spiro atoms. The van der Waals surface area contributed by atoms with Crippen molar-refractivity contribution in [3.8, 4) is 0 Å². The summed E-state index contributed by atoms with van der Waals surface area (Å²) in [5.41, 5.74) is 2.31. The van der Waals surface area contributed by atoms with Crippen molar-refractivity contribution in [2.45, 2.75) is 13.3 Å². The van der Waals surface area contributed by atoms with E-state index in [4.69, 9.17) is 11.6 Å². The highest BCUT2D eigenvalue weighted by atomic mass is 35.5. The van der Waals surface area contributed by atoms with E-state index >= 15 is 0 Å². The molecule has 0 atom stereocenters. The maximum Gasteiger partial charge on any atom is 0.271 e. The van der Waals surface area contributed by atoms with Gasteiger partial charge in [-0.2, -0.15) is 0 Å². The van der Waals surface area contributed by atoms with Gasteiger partial charge in [-0.25, -0.2) is 0 Å². The number of amides is 1. The topological polar surface area (TPSA) is 75.5 Å². The predicted molar refractivity (Wildman–Crippen MR) is 95.8 cm³/mol. The summed E-state index contributed by atoms with van der Waals surface area (Å²) in [6.45, 7) is 2.10. The van der Waals surface area contributed by atoms with Crippen LogP contribution in [-0.4, -0.2) is 24.4 Å². The van der Waals surface area contributed by atoms with Crippen LogP contribution in [0.4, 0.5) is 17.1 Å². The summed E-state index contributed by atoms with van der Waals surface area (Å²) in [6.07, 6.45) is 0.820. The van der Waals surface area contributed by atoms with Crippen LogP contribution in [0.3, 0.4) is 0 Å². The second kappa shape index (κ2) is 7.79. The average molecular weight is 348 g/mol. The fraction of sp³-hybridized carbons (Fsp3) is 0.235. The molecule has 7 heteroatoms. The third kappa shape index (κ3) is 4.23. The molecule has 0 aliphatic rings. The van der Waals surface area contributed by atoms with Gasteiger partial charge in [0.1, 0.15) is 0 Å². The number of nitro groups is 1. The maximum atomic E-state index is 12.2. The number of hydrogen-bond acceptors (Lipinski definition) is 4. The molecule has 0 aliphatic heterocycles. The van der Waals surface area contributed by atoms with Crippen molar-refractivity contribution in [3.05, 3.63) is 63.2 Å². The molecule has 6 nitrogen and oxygen atoms in total. The molecule has 2 aromatic carbocycles. The van der Waals surface area contributed by atoms with Crippen LogP contribution in [0.1, 0.15) is 12.5 Å². The summed E-state index contributed by atoms with van der Waals surface area (Å²) in [5.74, 6) is -0.187. The van der Waals surface area contributed by atoms with Crippen molar-refractivity contribution < 1.29 is 9.72 Å². The molecule has 1 N–H and O–H groups in total. The Balaban J connectivity index is 2.07. The van der Waals surface area contributed by atoms with Gasteiger partial charge in [-0.05, 0) is 24.1 Å². The Bertz CT molecular complexity index is 764. The van der Waals surface area contributed by atoms with E-state index in [1.165, 1.54) is 18.2 Å². The number of para-hydroxylation sites is 1. The van der Waals surface area contributed by atoms with Crippen LogP contribution >= 0.6 is 11.6 Å². The molecule has 2 rings (SSSR count). The summed E-state index contributed by atoms with van der Waals surface area (Å²) in [7, 11) is 1.71. The van der Waals surface area contributed by atoms with Gasteiger partial charge in [0.15, 0.2) is 0 Å². The van der Waals surface area contributed by atoms with E-state index in [0.717, 1.165) is 17.7 Å². The Hall–Kier alpha value is -2.60. The first-order valence-electron chi connectivity index (χ1n) is 7.45. The van der Waals surface area contributed by atoms with E-state index in [1.54, 1.807) is 11.9 Å². The molecular weight excluding hydrogens is 330 g/mol. The van der Waals surface area contributed by atoms with Crippen LogP contribution in [-0.2, 0) is 11.2 Å². The number of nitrogens with zero attached hydrogens (tertiary/aromatic N) is 2. The first-order valence-corrected chi connectivity index (χ1v) is 7.83. The minimum absolute atomic E-state index is 0.0789. The van der Waals surface area contributed by atoms with Crippen molar-refractivity contribution >= 4 is 34.6 Å². The van der Waals surface area contributed by atoms with Gasteiger partial charge in [-0.1, -0.05) is 36.7 Å². The number of non-ortho nitro benzene ring substituents is 1. The molecule has 0 radical (unpaired) electrons. The summed E-state index contributed by atoms with van der Waals surface area (Å²) >= 11 is 6.08. The first-order chi connectivity index (χ1) is 11.4. The zero-order valence-electron chi connectivity index (χ0n) is 13.5. The van der Waals surface area contributed by atoms with Gasteiger partial charge in [0.2, 0.25) is 5.91 Å². The Morgan fingerprint density at radius 3 is 2.62 bits per heavy atom. The summed E-state index contributed by atoms with van der Waals surface area (Å²) in [5, 5.41) is 13.9. The molecule has 1 amide bonds. The van der Waals surface area contributed by atoms with E-state index in [2.05, 4.69) is 5.32 Å². The zero-order chi connectivity index (χ0) is 17.7.